The third-order valence-electron chi connectivity index (χ3n) is 1.97. The van der Waals surface area contributed by atoms with Gasteiger partial charge in [0, 0.05) is 6.42 Å². The zero-order valence-electron chi connectivity index (χ0n) is 8.95. The SMILES string of the molecule is CCCSC(=S)C(C)(C#N)CCC(=O)S. The maximum Gasteiger partial charge on any atom is 0.185 e. The topological polar surface area (TPSA) is 40.9 Å². The molecule has 0 aliphatic rings. The first-order valence-electron chi connectivity index (χ1n) is 4.76. The van der Waals surface area contributed by atoms with Crippen molar-refractivity contribution in [3.05, 3.63) is 0 Å². The molecule has 0 aliphatic carbocycles. The molecule has 5 heteroatoms. The predicted molar refractivity (Wildman–Crippen MR) is 72.3 cm³/mol. The number of hydrogen-bond acceptors (Lipinski definition) is 4. The van der Waals surface area contributed by atoms with E-state index in [1.54, 1.807) is 6.92 Å². The van der Waals surface area contributed by atoms with Crippen molar-refractivity contribution in [2.45, 2.75) is 33.1 Å². The third kappa shape index (κ3) is 5.55. The minimum Gasteiger partial charge on any atom is -0.288 e. The van der Waals surface area contributed by atoms with Crippen LogP contribution in [-0.2, 0) is 4.79 Å². The zero-order chi connectivity index (χ0) is 11.9. The highest BCUT2D eigenvalue weighted by atomic mass is 32.2. The molecule has 0 aromatic heterocycles. The van der Waals surface area contributed by atoms with Gasteiger partial charge in [0.05, 0.1) is 15.7 Å². The number of carbonyl (C=O) groups excluding carboxylic acids is 1. The summed E-state index contributed by atoms with van der Waals surface area (Å²) < 4.78 is 0.682. The van der Waals surface area contributed by atoms with Crippen molar-refractivity contribution in [3.8, 4) is 6.07 Å². The highest BCUT2D eigenvalue weighted by molar-refractivity contribution is 8.23. The number of rotatable bonds is 6. The summed E-state index contributed by atoms with van der Waals surface area (Å²) >= 11 is 10.4. The number of thiocarbonyl (C=S) groups is 1. The standard InChI is InChI=1S/C10H15NOS3/c1-3-6-15-9(14)10(2,7-11)5-4-8(12)13/h3-6H2,1-2H3,(H,12,13). The molecule has 15 heavy (non-hydrogen) atoms. The molecule has 0 saturated heterocycles. The Balaban J connectivity index is 4.35. The fourth-order valence-electron chi connectivity index (χ4n) is 0.915. The lowest BCUT2D eigenvalue weighted by molar-refractivity contribution is -0.111. The average molecular weight is 261 g/mol. The van der Waals surface area contributed by atoms with Crippen LogP contribution in [0.1, 0.15) is 33.1 Å². The molecular weight excluding hydrogens is 246 g/mol. The van der Waals surface area contributed by atoms with Gasteiger partial charge >= 0.3 is 0 Å². The quantitative estimate of drug-likeness (QED) is 0.589. The summed E-state index contributed by atoms with van der Waals surface area (Å²) in [7, 11) is 0. The Morgan fingerprint density at radius 3 is 2.67 bits per heavy atom. The van der Waals surface area contributed by atoms with Crippen LogP contribution in [0, 0.1) is 16.7 Å². The van der Waals surface area contributed by atoms with E-state index in [9.17, 15) is 4.79 Å². The van der Waals surface area contributed by atoms with E-state index in [1.807, 2.05) is 0 Å². The van der Waals surface area contributed by atoms with Crippen molar-refractivity contribution in [2.75, 3.05) is 5.75 Å². The van der Waals surface area contributed by atoms with E-state index in [0.29, 0.717) is 17.0 Å². The Bertz CT molecular complexity index is 285. The van der Waals surface area contributed by atoms with Gasteiger partial charge in [0.15, 0.2) is 5.12 Å². The van der Waals surface area contributed by atoms with E-state index in [0.717, 1.165) is 12.2 Å². The predicted octanol–water partition coefficient (Wildman–Crippen LogP) is 3.22. The maximum absolute atomic E-state index is 10.7. The Kier molecular flexibility index (Phi) is 7.24. The van der Waals surface area contributed by atoms with Crippen LogP contribution in [0.25, 0.3) is 0 Å². The van der Waals surface area contributed by atoms with Gasteiger partial charge in [-0.2, -0.15) is 5.26 Å². The molecule has 1 atom stereocenters. The first kappa shape index (κ1) is 14.9. The van der Waals surface area contributed by atoms with Crippen molar-refractivity contribution in [1.82, 2.24) is 0 Å². The van der Waals surface area contributed by atoms with E-state index in [-0.39, 0.29) is 5.12 Å². The van der Waals surface area contributed by atoms with E-state index < -0.39 is 5.41 Å². The summed E-state index contributed by atoms with van der Waals surface area (Å²) in [5.41, 5.74) is -0.687. The lowest BCUT2D eigenvalue weighted by Gasteiger charge is -2.21. The third-order valence-corrected chi connectivity index (χ3v) is 4.33. The van der Waals surface area contributed by atoms with Crippen molar-refractivity contribution in [2.24, 2.45) is 5.41 Å². The fraction of sp³-hybridized carbons (Fsp3) is 0.700. The smallest absolute Gasteiger partial charge is 0.185 e. The van der Waals surface area contributed by atoms with Gasteiger partial charge < -0.3 is 0 Å². The van der Waals surface area contributed by atoms with Gasteiger partial charge in [-0.25, -0.2) is 0 Å². The number of nitrogens with zero attached hydrogens (tertiary/aromatic N) is 1. The van der Waals surface area contributed by atoms with Crippen LogP contribution in [0.4, 0.5) is 0 Å². The van der Waals surface area contributed by atoms with Crippen molar-refractivity contribution < 1.29 is 4.79 Å². The molecule has 0 bridgehead atoms. The number of thioether (sulfide) groups is 1. The van der Waals surface area contributed by atoms with Gasteiger partial charge in [-0.05, 0) is 25.5 Å². The summed E-state index contributed by atoms with van der Waals surface area (Å²) in [5, 5.41) is 8.89. The molecule has 84 valence electrons. The Hall–Kier alpha value is -0.0500. The molecule has 0 spiro atoms. The molecule has 0 aromatic rings. The Labute approximate surface area is 106 Å². The summed E-state index contributed by atoms with van der Waals surface area (Å²) in [6.45, 7) is 3.85. The van der Waals surface area contributed by atoms with Gasteiger partial charge in [0.25, 0.3) is 0 Å². The molecule has 2 nitrogen and oxygen atoms in total. The average Bonchev–Trinajstić information content (AvgIpc) is 2.22. The minimum absolute atomic E-state index is 0.195. The van der Waals surface area contributed by atoms with Gasteiger partial charge in [0.1, 0.15) is 0 Å². The van der Waals surface area contributed by atoms with E-state index in [4.69, 9.17) is 17.5 Å². The number of thiol groups is 1. The molecule has 0 aromatic carbocycles. The van der Waals surface area contributed by atoms with Gasteiger partial charge in [-0.1, -0.05) is 19.1 Å². The second-order valence-electron chi connectivity index (χ2n) is 3.47. The first-order valence-corrected chi connectivity index (χ1v) is 6.60. The normalized spacial score (nSPS) is 14.0. The summed E-state index contributed by atoms with van der Waals surface area (Å²) in [5.74, 6) is 0.922. The van der Waals surface area contributed by atoms with Crippen molar-refractivity contribution in [1.29, 1.82) is 5.26 Å². The van der Waals surface area contributed by atoms with Crippen LogP contribution < -0.4 is 0 Å². The van der Waals surface area contributed by atoms with E-state index in [1.165, 1.54) is 11.8 Å². The Morgan fingerprint density at radius 2 is 2.27 bits per heavy atom. The van der Waals surface area contributed by atoms with Gasteiger partial charge in [-0.3, -0.25) is 4.79 Å². The molecular formula is C10H15NOS3. The largest absolute Gasteiger partial charge is 0.288 e. The number of nitriles is 1. The molecule has 0 saturated carbocycles. The van der Waals surface area contributed by atoms with Crippen LogP contribution in [0.5, 0.6) is 0 Å². The summed E-state index contributed by atoms with van der Waals surface area (Å²) in [4.78, 5) is 10.7. The molecule has 1 unspecified atom stereocenters. The van der Waals surface area contributed by atoms with Crippen LogP contribution in [0.3, 0.4) is 0 Å². The zero-order valence-corrected chi connectivity index (χ0v) is 11.5. The van der Waals surface area contributed by atoms with Crippen LogP contribution in [0.15, 0.2) is 0 Å². The van der Waals surface area contributed by atoms with Crippen LogP contribution >= 0.6 is 36.6 Å². The van der Waals surface area contributed by atoms with Crippen LogP contribution in [-0.4, -0.2) is 15.1 Å². The summed E-state index contributed by atoms with van der Waals surface area (Å²) in [6.07, 6.45) is 1.78. The minimum atomic E-state index is -0.687. The molecule has 0 heterocycles. The molecule has 0 fully saturated rings. The van der Waals surface area contributed by atoms with Gasteiger partial charge in [-0.15, -0.1) is 24.4 Å². The van der Waals surface area contributed by atoms with E-state index >= 15 is 0 Å². The van der Waals surface area contributed by atoms with E-state index in [2.05, 4.69) is 25.6 Å². The second kappa shape index (κ2) is 7.26. The van der Waals surface area contributed by atoms with Crippen molar-refractivity contribution in [3.63, 3.8) is 0 Å². The van der Waals surface area contributed by atoms with Crippen molar-refractivity contribution >= 4 is 45.9 Å². The highest BCUT2D eigenvalue weighted by Crippen LogP contribution is 2.31. The lowest BCUT2D eigenvalue weighted by Crippen LogP contribution is -2.23. The molecule has 0 aliphatic heterocycles. The molecule has 0 rings (SSSR count). The molecule has 0 N–H and O–H groups in total. The lowest BCUT2D eigenvalue weighted by atomic mass is 9.89. The maximum atomic E-state index is 10.7. The number of carbonyl (C=O) groups is 1. The van der Waals surface area contributed by atoms with Gasteiger partial charge in [0.2, 0.25) is 0 Å². The molecule has 0 radical (unpaired) electrons. The fourth-order valence-corrected chi connectivity index (χ4v) is 2.28. The van der Waals surface area contributed by atoms with Crippen LogP contribution in [0.2, 0.25) is 0 Å². The highest BCUT2D eigenvalue weighted by Gasteiger charge is 2.29. The number of hydrogen-bond donors (Lipinski definition) is 1. The monoisotopic (exact) mass is 261 g/mol. The molecule has 0 amide bonds. The summed E-state index contributed by atoms with van der Waals surface area (Å²) in [6, 6.07) is 2.19. The second-order valence-corrected chi connectivity index (χ2v) is 5.74. The Morgan fingerprint density at radius 1 is 1.67 bits per heavy atom. The first-order chi connectivity index (χ1) is 6.96.